The zero-order chi connectivity index (χ0) is 30.7. The van der Waals surface area contributed by atoms with Crippen LogP contribution in [-0.2, 0) is 28.2 Å². The van der Waals surface area contributed by atoms with Crippen LogP contribution in [0.4, 0.5) is 0 Å². The van der Waals surface area contributed by atoms with Crippen molar-refractivity contribution >= 4 is 12.1 Å². The van der Waals surface area contributed by atoms with E-state index in [-0.39, 0.29) is 41.1 Å². The van der Waals surface area contributed by atoms with E-state index >= 15 is 0 Å². The molecule has 0 saturated carbocycles. The molecule has 0 N–H and O–H groups in total. The van der Waals surface area contributed by atoms with Gasteiger partial charge in [-0.2, -0.15) is 0 Å². The summed E-state index contributed by atoms with van der Waals surface area (Å²) in [7, 11) is 0. The smallest absolute Gasteiger partial charge is 1.00 e. The van der Waals surface area contributed by atoms with Crippen molar-refractivity contribution in [3.63, 3.8) is 0 Å². The van der Waals surface area contributed by atoms with Gasteiger partial charge in [0.2, 0.25) is 0 Å². The Bertz CT molecular complexity index is 1860. The zero-order valence-corrected chi connectivity index (χ0v) is 32.2. The molecule has 0 amide bonds. The summed E-state index contributed by atoms with van der Waals surface area (Å²) < 4.78 is 3.20. The van der Waals surface area contributed by atoms with E-state index in [0.29, 0.717) is 0 Å². The maximum Gasteiger partial charge on any atom is -1.00 e. The summed E-state index contributed by atoms with van der Waals surface area (Å²) in [5.41, 5.74) is 13.2. The number of hydrogen-bond donors (Lipinski definition) is 0. The van der Waals surface area contributed by atoms with E-state index < -0.39 is 22.8 Å². The molecule has 0 aliphatic heterocycles. The van der Waals surface area contributed by atoms with Crippen molar-refractivity contribution < 1.29 is 47.6 Å². The van der Waals surface area contributed by atoms with Crippen LogP contribution in [-0.4, -0.2) is 3.21 Å². The molecule has 3 aromatic rings. The number of hydrogen-bond acceptors (Lipinski definition) is 0. The van der Waals surface area contributed by atoms with Gasteiger partial charge in [-0.05, 0) is 0 Å². The van der Waals surface area contributed by atoms with Crippen LogP contribution < -0.4 is 35.3 Å². The van der Waals surface area contributed by atoms with Gasteiger partial charge in [0.25, 0.3) is 0 Å². The maximum atomic E-state index is 2.58. The fourth-order valence-corrected chi connectivity index (χ4v) is 11.1. The second-order valence-corrected chi connectivity index (χ2v) is 17.8. The van der Waals surface area contributed by atoms with Crippen LogP contribution in [0.2, 0.25) is 0 Å². The first kappa shape index (κ1) is 35.5. The molecule has 0 aromatic heterocycles. The summed E-state index contributed by atoms with van der Waals surface area (Å²) in [6, 6.07) is 27.4. The van der Waals surface area contributed by atoms with E-state index in [0.717, 1.165) is 6.42 Å². The Hall–Kier alpha value is -2.31. The number of aryl methyl sites for hydroxylation is 1. The predicted molar refractivity (Wildman–Crippen MR) is 182 cm³/mol. The number of benzene rings is 3. The van der Waals surface area contributed by atoms with Crippen molar-refractivity contribution in [1.82, 2.24) is 0 Å². The average molecular weight is 712 g/mol. The molecule has 45 heavy (non-hydrogen) atoms. The van der Waals surface area contributed by atoms with Gasteiger partial charge in [0.1, 0.15) is 0 Å². The first-order valence-electron chi connectivity index (χ1n) is 15.8. The molecule has 1 atom stereocenters. The fraction of sp³-hybridized carbons (Fsp3) is 0.310. The molecular formula is C42H45Cl2Zr. The molecule has 0 bridgehead atoms. The first-order valence-corrected chi connectivity index (χ1v) is 18.2. The van der Waals surface area contributed by atoms with Crippen LogP contribution in [0.5, 0.6) is 0 Å². The molecule has 231 valence electrons. The van der Waals surface area contributed by atoms with Crippen molar-refractivity contribution in [2.75, 3.05) is 0 Å². The molecule has 3 aliphatic rings. The van der Waals surface area contributed by atoms with E-state index in [1.807, 2.05) is 0 Å². The topological polar surface area (TPSA) is 0 Å². The van der Waals surface area contributed by atoms with E-state index in [1.54, 1.807) is 17.6 Å². The molecule has 1 unspecified atom stereocenters. The standard InChI is InChI=1S/C29H35.C13H10.2ClH.Zr/c1-18-14-22(27(3,4)5)16-21-17-24-23(25(18)21)15-19(2)29(9,28(6,7)8)26(24)20-12-10-11-13-20;1-3-7-12(8-4-1)11-13-9-5-2-6-10-13;;;/h10-12,14-16H,13H2,1-9H3;1-10H;2*1H;/q;;;;+2/p-2. The minimum Gasteiger partial charge on any atom is -1.00 e. The molecule has 0 fully saturated rings. The van der Waals surface area contributed by atoms with Crippen LogP contribution in [0.25, 0.3) is 8.85 Å². The molecule has 3 aromatic carbocycles. The van der Waals surface area contributed by atoms with Crippen molar-refractivity contribution in [2.24, 2.45) is 10.8 Å². The van der Waals surface area contributed by atoms with Crippen LogP contribution in [0, 0.1) is 17.8 Å². The summed E-state index contributed by atoms with van der Waals surface area (Å²) in [4.78, 5) is 0. The van der Waals surface area contributed by atoms with Gasteiger partial charge in [-0.3, -0.25) is 0 Å². The zero-order valence-electron chi connectivity index (χ0n) is 28.2. The Kier molecular flexibility index (Phi) is 10.3. The third kappa shape index (κ3) is 6.11. The molecular weight excluding hydrogens is 667 g/mol. The van der Waals surface area contributed by atoms with Crippen LogP contribution >= 0.6 is 0 Å². The van der Waals surface area contributed by atoms with Gasteiger partial charge in [-0.15, -0.1) is 0 Å². The molecule has 6 rings (SSSR count). The van der Waals surface area contributed by atoms with Crippen LogP contribution in [0.15, 0.2) is 119 Å². The number of rotatable bonds is 4. The number of halogens is 2. The van der Waals surface area contributed by atoms with Gasteiger partial charge in [-0.25, -0.2) is 0 Å². The van der Waals surface area contributed by atoms with Gasteiger partial charge >= 0.3 is 272 Å². The number of allylic oxidation sites excluding steroid dienone is 8. The summed E-state index contributed by atoms with van der Waals surface area (Å²) in [6.45, 7) is 21.6. The van der Waals surface area contributed by atoms with E-state index in [2.05, 4.69) is 159 Å². The molecule has 3 aliphatic carbocycles. The van der Waals surface area contributed by atoms with Crippen LogP contribution in [0.1, 0.15) is 84.1 Å². The van der Waals surface area contributed by atoms with Gasteiger partial charge < -0.3 is 24.8 Å². The van der Waals surface area contributed by atoms with Gasteiger partial charge in [-0.1, -0.05) is 0 Å². The quantitative estimate of drug-likeness (QED) is 0.391. The number of fused-ring (bicyclic) bond motifs is 2. The summed E-state index contributed by atoms with van der Waals surface area (Å²) in [5, 5.41) is 2.97. The molecule has 0 spiro atoms. The minimum absolute atomic E-state index is 0. The third-order valence-electron chi connectivity index (χ3n) is 10.1. The summed E-state index contributed by atoms with van der Waals surface area (Å²) in [6.07, 6.45) is 10.6. The SMILES string of the molecule is CC1=CC2=c3c(C)cc(C(C)(C)C)cc3=[C]([Zr+2]=[C](c3ccccc3)c3ccccc3)C2=C(C2=CC=CC2)C1(C)C(C)(C)C.[Cl-].[Cl-]. The Morgan fingerprint density at radius 3 is 1.87 bits per heavy atom. The van der Waals surface area contributed by atoms with Crippen molar-refractivity contribution in [2.45, 2.75) is 74.1 Å². The first-order chi connectivity index (χ1) is 20.3. The Balaban J connectivity index is 0.00000230. The predicted octanol–water partition coefficient (Wildman–Crippen LogP) is 3.12. The molecule has 3 heteroatoms. The molecule has 0 nitrogen and oxygen atoms in total. The van der Waals surface area contributed by atoms with Crippen LogP contribution in [0.3, 0.4) is 0 Å². The fourth-order valence-electron chi connectivity index (χ4n) is 7.24. The second kappa shape index (κ2) is 13.1. The average Bonchev–Trinajstić information content (AvgIpc) is 3.59. The molecule has 0 heterocycles. The van der Waals surface area contributed by atoms with Gasteiger partial charge in [0.15, 0.2) is 0 Å². The van der Waals surface area contributed by atoms with E-state index in [4.69, 9.17) is 0 Å². The normalized spacial score (nSPS) is 18.8. The Labute approximate surface area is 294 Å². The van der Waals surface area contributed by atoms with E-state index in [9.17, 15) is 0 Å². The maximum absolute atomic E-state index is 2.58. The monoisotopic (exact) mass is 709 g/mol. The summed E-state index contributed by atoms with van der Waals surface area (Å²) in [5.74, 6) is 0. The largest absolute Gasteiger partial charge is 1.00 e. The Morgan fingerprint density at radius 2 is 1.38 bits per heavy atom. The minimum atomic E-state index is -1.34. The molecule has 0 radical (unpaired) electrons. The Morgan fingerprint density at radius 1 is 0.800 bits per heavy atom. The van der Waals surface area contributed by atoms with Gasteiger partial charge in [0.05, 0.1) is 0 Å². The van der Waals surface area contributed by atoms with Crippen molar-refractivity contribution in [3.8, 4) is 0 Å². The third-order valence-corrected chi connectivity index (χ3v) is 14.1. The van der Waals surface area contributed by atoms with Crippen molar-refractivity contribution in [3.05, 3.63) is 152 Å². The van der Waals surface area contributed by atoms with Crippen molar-refractivity contribution in [1.29, 1.82) is 0 Å². The van der Waals surface area contributed by atoms with Gasteiger partial charge in [0, 0.05) is 0 Å². The summed E-state index contributed by atoms with van der Waals surface area (Å²) >= 11 is -1.34. The van der Waals surface area contributed by atoms with E-state index in [1.165, 1.54) is 49.4 Å². The second-order valence-electron chi connectivity index (χ2n) is 14.8. The molecule has 0 saturated heterocycles.